The summed E-state index contributed by atoms with van der Waals surface area (Å²) in [5, 5.41) is 0. The normalized spacial score (nSPS) is 12.5. The first-order valence-corrected chi connectivity index (χ1v) is 7.53. The lowest BCUT2D eigenvalue weighted by atomic mass is 10.0. The van der Waals surface area contributed by atoms with Crippen molar-refractivity contribution < 1.29 is 4.74 Å². The Morgan fingerprint density at radius 2 is 1.57 bits per heavy atom. The Kier molecular flexibility index (Phi) is 5.03. The second kappa shape index (κ2) is 6.77. The molecule has 1 unspecified atom stereocenters. The van der Waals surface area contributed by atoms with Gasteiger partial charge in [0.2, 0.25) is 0 Å². The summed E-state index contributed by atoms with van der Waals surface area (Å²) in [7, 11) is 0. The van der Waals surface area contributed by atoms with Crippen molar-refractivity contribution in [2.75, 3.05) is 6.61 Å². The third kappa shape index (κ3) is 4.08. The minimum absolute atomic E-state index is 0.105. The van der Waals surface area contributed by atoms with Crippen molar-refractivity contribution in [1.82, 2.24) is 0 Å². The van der Waals surface area contributed by atoms with Crippen LogP contribution in [0, 0.1) is 13.8 Å². The number of rotatable bonds is 5. The fourth-order valence-electron chi connectivity index (χ4n) is 2.33. The minimum atomic E-state index is -0.105. The zero-order valence-electron chi connectivity index (χ0n) is 13.4. The molecule has 112 valence electrons. The smallest absolute Gasteiger partial charge is 0.123 e. The van der Waals surface area contributed by atoms with E-state index in [0.717, 1.165) is 11.3 Å². The van der Waals surface area contributed by atoms with Crippen LogP contribution in [0.5, 0.6) is 5.75 Å². The van der Waals surface area contributed by atoms with Crippen LogP contribution in [0.25, 0.3) is 0 Å². The molecule has 2 aromatic rings. The minimum Gasteiger partial charge on any atom is -0.491 e. The highest BCUT2D eigenvalue weighted by atomic mass is 16.5. The molecule has 0 aliphatic rings. The highest BCUT2D eigenvalue weighted by Gasteiger charge is 2.11. The van der Waals surface area contributed by atoms with Crippen LogP contribution in [0.2, 0.25) is 0 Å². The molecule has 21 heavy (non-hydrogen) atoms. The summed E-state index contributed by atoms with van der Waals surface area (Å²) in [6.45, 7) is 9.01. The number of ether oxygens (including phenoxy) is 1. The van der Waals surface area contributed by atoms with E-state index in [1.807, 2.05) is 0 Å². The van der Waals surface area contributed by atoms with E-state index in [0.29, 0.717) is 12.5 Å². The molecule has 2 heteroatoms. The van der Waals surface area contributed by atoms with Gasteiger partial charge in [-0.25, -0.2) is 0 Å². The van der Waals surface area contributed by atoms with Crippen molar-refractivity contribution in [2.24, 2.45) is 5.73 Å². The number of aryl methyl sites for hydroxylation is 2. The highest BCUT2D eigenvalue weighted by molar-refractivity contribution is 5.39. The van der Waals surface area contributed by atoms with E-state index in [1.165, 1.54) is 16.7 Å². The van der Waals surface area contributed by atoms with E-state index in [9.17, 15) is 0 Å². The van der Waals surface area contributed by atoms with Gasteiger partial charge < -0.3 is 10.5 Å². The quantitative estimate of drug-likeness (QED) is 0.876. The van der Waals surface area contributed by atoms with Crippen LogP contribution in [0.1, 0.15) is 48.1 Å². The number of nitrogens with two attached hydrogens (primary N) is 1. The maximum Gasteiger partial charge on any atom is 0.123 e. The summed E-state index contributed by atoms with van der Waals surface area (Å²) in [6, 6.07) is 14.6. The first-order valence-electron chi connectivity index (χ1n) is 7.53. The van der Waals surface area contributed by atoms with E-state index >= 15 is 0 Å². The second-order valence-corrected chi connectivity index (χ2v) is 6.02. The Hall–Kier alpha value is -1.80. The zero-order chi connectivity index (χ0) is 15.4. The molecule has 2 nitrogen and oxygen atoms in total. The zero-order valence-corrected chi connectivity index (χ0v) is 13.4. The summed E-state index contributed by atoms with van der Waals surface area (Å²) in [6.07, 6.45) is 0. The van der Waals surface area contributed by atoms with Crippen molar-refractivity contribution in [3.8, 4) is 5.75 Å². The SMILES string of the molecule is Cc1ccc(C(N)COc2cc(C)ccc2C(C)C)cc1. The Morgan fingerprint density at radius 3 is 2.19 bits per heavy atom. The Bertz CT molecular complexity index is 587. The molecule has 0 fully saturated rings. The lowest BCUT2D eigenvalue weighted by Crippen LogP contribution is -2.19. The van der Waals surface area contributed by atoms with E-state index in [4.69, 9.17) is 10.5 Å². The third-order valence-corrected chi connectivity index (χ3v) is 3.71. The van der Waals surface area contributed by atoms with Gasteiger partial charge in [0, 0.05) is 0 Å². The van der Waals surface area contributed by atoms with E-state index in [-0.39, 0.29) is 6.04 Å². The summed E-state index contributed by atoms with van der Waals surface area (Å²) >= 11 is 0. The van der Waals surface area contributed by atoms with E-state index < -0.39 is 0 Å². The van der Waals surface area contributed by atoms with Crippen molar-refractivity contribution in [3.05, 3.63) is 64.7 Å². The molecule has 0 aromatic heterocycles. The molecule has 0 aliphatic heterocycles. The molecule has 0 heterocycles. The molecular weight excluding hydrogens is 258 g/mol. The van der Waals surface area contributed by atoms with Gasteiger partial charge in [0.1, 0.15) is 12.4 Å². The highest BCUT2D eigenvalue weighted by Crippen LogP contribution is 2.28. The monoisotopic (exact) mass is 283 g/mol. The molecule has 0 radical (unpaired) electrons. The standard InChI is InChI=1S/C19H25NO/c1-13(2)17-10-7-15(4)11-19(17)21-12-18(20)16-8-5-14(3)6-9-16/h5-11,13,18H,12,20H2,1-4H3. The lowest BCUT2D eigenvalue weighted by molar-refractivity contribution is 0.287. The Morgan fingerprint density at radius 1 is 0.952 bits per heavy atom. The van der Waals surface area contributed by atoms with Crippen LogP contribution < -0.4 is 10.5 Å². The molecule has 2 N–H and O–H groups in total. The predicted octanol–water partition coefficient (Wildman–Crippen LogP) is 4.51. The van der Waals surface area contributed by atoms with Gasteiger partial charge in [0.15, 0.2) is 0 Å². The van der Waals surface area contributed by atoms with Gasteiger partial charge in [0.25, 0.3) is 0 Å². The fourth-order valence-corrected chi connectivity index (χ4v) is 2.33. The molecule has 0 saturated heterocycles. The van der Waals surface area contributed by atoms with Crippen LogP contribution >= 0.6 is 0 Å². The van der Waals surface area contributed by atoms with Gasteiger partial charge in [-0.2, -0.15) is 0 Å². The molecule has 0 saturated carbocycles. The summed E-state index contributed by atoms with van der Waals surface area (Å²) in [4.78, 5) is 0. The maximum atomic E-state index is 6.23. The van der Waals surface area contributed by atoms with Gasteiger partial charge in [-0.05, 0) is 42.5 Å². The summed E-state index contributed by atoms with van der Waals surface area (Å²) in [5.74, 6) is 1.39. The van der Waals surface area contributed by atoms with Crippen LogP contribution in [-0.4, -0.2) is 6.61 Å². The first-order chi connectivity index (χ1) is 9.97. The van der Waals surface area contributed by atoms with Gasteiger partial charge in [-0.1, -0.05) is 55.8 Å². The molecular formula is C19H25NO. The number of hydrogen-bond acceptors (Lipinski definition) is 2. The van der Waals surface area contributed by atoms with Gasteiger partial charge in [0.05, 0.1) is 6.04 Å². The Labute approximate surface area is 127 Å². The summed E-state index contributed by atoms with van der Waals surface area (Å²) in [5.41, 5.74) is 11.0. The predicted molar refractivity (Wildman–Crippen MR) is 88.9 cm³/mol. The van der Waals surface area contributed by atoms with Crippen molar-refractivity contribution >= 4 is 0 Å². The largest absolute Gasteiger partial charge is 0.491 e. The summed E-state index contributed by atoms with van der Waals surface area (Å²) < 4.78 is 6.00. The van der Waals surface area contributed by atoms with Gasteiger partial charge in [-0.15, -0.1) is 0 Å². The molecule has 0 bridgehead atoms. The van der Waals surface area contributed by atoms with Crippen molar-refractivity contribution in [3.63, 3.8) is 0 Å². The van der Waals surface area contributed by atoms with Crippen molar-refractivity contribution in [1.29, 1.82) is 0 Å². The van der Waals surface area contributed by atoms with Crippen molar-refractivity contribution in [2.45, 2.75) is 39.7 Å². The van der Waals surface area contributed by atoms with Crippen LogP contribution in [0.15, 0.2) is 42.5 Å². The maximum absolute atomic E-state index is 6.23. The molecule has 0 amide bonds. The van der Waals surface area contributed by atoms with Gasteiger partial charge >= 0.3 is 0 Å². The van der Waals surface area contributed by atoms with Crippen LogP contribution in [-0.2, 0) is 0 Å². The molecule has 0 spiro atoms. The second-order valence-electron chi connectivity index (χ2n) is 6.02. The number of hydrogen-bond donors (Lipinski definition) is 1. The van der Waals surface area contributed by atoms with Crippen LogP contribution in [0.3, 0.4) is 0 Å². The molecule has 1 atom stereocenters. The first kappa shape index (κ1) is 15.6. The topological polar surface area (TPSA) is 35.2 Å². The van der Waals surface area contributed by atoms with E-state index in [2.05, 4.69) is 70.2 Å². The van der Waals surface area contributed by atoms with Crippen LogP contribution in [0.4, 0.5) is 0 Å². The third-order valence-electron chi connectivity index (χ3n) is 3.71. The molecule has 2 rings (SSSR count). The number of benzene rings is 2. The molecule has 2 aromatic carbocycles. The van der Waals surface area contributed by atoms with E-state index in [1.54, 1.807) is 0 Å². The lowest BCUT2D eigenvalue weighted by Gasteiger charge is -2.18. The average Bonchev–Trinajstić information content (AvgIpc) is 2.45. The molecule has 0 aliphatic carbocycles. The van der Waals surface area contributed by atoms with Gasteiger partial charge in [-0.3, -0.25) is 0 Å². The average molecular weight is 283 g/mol. The fraction of sp³-hybridized carbons (Fsp3) is 0.368. The Balaban J connectivity index is 2.08.